The van der Waals surface area contributed by atoms with Gasteiger partial charge >= 0.3 is 5.97 Å². The third kappa shape index (κ3) is 4.32. The minimum atomic E-state index is -1.35. The molecule has 4 rings (SSSR count). The first kappa shape index (κ1) is 27.1. The summed E-state index contributed by atoms with van der Waals surface area (Å²) in [6.45, 7) is 15.1. The Balaban J connectivity index is 1.69. The van der Waals surface area contributed by atoms with Crippen LogP contribution < -0.4 is 0 Å². The van der Waals surface area contributed by atoms with Crippen LogP contribution in [0.1, 0.15) is 93.4 Å². The fraction of sp³-hybridized carbons (Fsp3) is 0.900. The second-order valence-electron chi connectivity index (χ2n) is 13.7. The molecule has 3 N–H and O–H groups in total. The lowest BCUT2D eigenvalue weighted by atomic mass is 9.41. The highest BCUT2D eigenvalue weighted by Crippen LogP contribution is 2.69. The van der Waals surface area contributed by atoms with Gasteiger partial charge < -0.3 is 20.1 Å². The third-order valence-corrected chi connectivity index (χ3v) is 11.5. The number of aliphatic hydroxyl groups excluding tert-OH is 2. The van der Waals surface area contributed by atoms with Crippen molar-refractivity contribution in [2.45, 2.75) is 117 Å². The number of carbonyl (C=O) groups is 1. The summed E-state index contributed by atoms with van der Waals surface area (Å²) >= 11 is 0. The van der Waals surface area contributed by atoms with Gasteiger partial charge in [0, 0.05) is 24.7 Å². The maximum absolute atomic E-state index is 12.3. The Morgan fingerprint density at radius 1 is 1.03 bits per heavy atom. The van der Waals surface area contributed by atoms with Gasteiger partial charge in [-0.2, -0.15) is 0 Å². The van der Waals surface area contributed by atoms with Gasteiger partial charge in [0.05, 0.1) is 17.8 Å². The molecule has 0 aromatic rings. The molecule has 0 spiro atoms. The maximum Gasteiger partial charge on any atom is 0.302 e. The van der Waals surface area contributed by atoms with Crippen molar-refractivity contribution in [3.8, 4) is 0 Å². The average molecular weight is 491 g/mol. The SMILES string of the molecule is CC(=O)O[C@@H]1C[C@]2(C)[C@@H]([C@H](C)/C=C/[C@H](C)C(C)C)CC[C@H]2[C@@H]2C[C@@H](O)[C@@]3(O)C[C@@H](O)CC[C@]3(C)[C@H]21. The molecule has 0 unspecified atom stereocenters. The average Bonchev–Trinajstić information content (AvgIpc) is 3.10. The number of allylic oxidation sites excluding steroid dienone is 2. The number of hydrogen-bond donors (Lipinski definition) is 3. The van der Waals surface area contributed by atoms with Crippen molar-refractivity contribution in [3.05, 3.63) is 12.2 Å². The highest BCUT2D eigenvalue weighted by Gasteiger charge is 2.70. The molecule has 0 amide bonds. The predicted molar refractivity (Wildman–Crippen MR) is 137 cm³/mol. The number of esters is 1. The molecule has 5 nitrogen and oxygen atoms in total. The molecule has 0 heterocycles. The van der Waals surface area contributed by atoms with Gasteiger partial charge in [-0.1, -0.05) is 53.7 Å². The molecule has 0 radical (unpaired) electrons. The highest BCUT2D eigenvalue weighted by atomic mass is 16.5. The van der Waals surface area contributed by atoms with Crippen molar-refractivity contribution >= 4 is 5.97 Å². The number of rotatable bonds is 5. The quantitative estimate of drug-likeness (QED) is 0.368. The van der Waals surface area contributed by atoms with Crippen LogP contribution in [-0.2, 0) is 9.53 Å². The van der Waals surface area contributed by atoms with Crippen molar-refractivity contribution in [1.29, 1.82) is 0 Å². The minimum absolute atomic E-state index is 0.00376. The molecule has 5 heteroatoms. The zero-order valence-corrected chi connectivity index (χ0v) is 23.0. The Labute approximate surface area is 212 Å². The van der Waals surface area contributed by atoms with Crippen LogP contribution in [0.3, 0.4) is 0 Å². The summed E-state index contributed by atoms with van der Waals surface area (Å²) in [7, 11) is 0. The van der Waals surface area contributed by atoms with Gasteiger partial charge in [0.15, 0.2) is 0 Å². The standard InChI is InChI=1S/C30H50O5/c1-17(2)18(3)8-9-19(4)23-10-11-24-22-14-26(33)30(34)15-21(32)12-13-29(30,7)27(22)25(35-20(5)31)16-28(23,24)6/h8-9,17-19,21-27,32-34H,10-16H2,1-7H3/b9-8+/t18-,19+,21-,22-,23+,24-,25+,26+,27+,28+,29+,30-/m0/s1. The van der Waals surface area contributed by atoms with Gasteiger partial charge in [-0.25, -0.2) is 0 Å². The van der Waals surface area contributed by atoms with Crippen LogP contribution in [0.15, 0.2) is 12.2 Å². The lowest BCUT2D eigenvalue weighted by molar-refractivity contribution is -0.284. The van der Waals surface area contributed by atoms with Gasteiger partial charge in [0.2, 0.25) is 0 Å². The fourth-order valence-corrected chi connectivity index (χ4v) is 9.28. The first-order valence-corrected chi connectivity index (χ1v) is 14.2. The molecule has 4 saturated carbocycles. The van der Waals surface area contributed by atoms with Crippen LogP contribution in [0.25, 0.3) is 0 Å². The molecule has 35 heavy (non-hydrogen) atoms. The third-order valence-electron chi connectivity index (χ3n) is 11.5. The number of aliphatic hydroxyl groups is 3. The molecular weight excluding hydrogens is 440 g/mol. The molecule has 4 fully saturated rings. The van der Waals surface area contributed by atoms with E-state index in [9.17, 15) is 20.1 Å². The van der Waals surface area contributed by atoms with E-state index in [2.05, 4.69) is 53.7 Å². The number of fused-ring (bicyclic) bond motifs is 5. The van der Waals surface area contributed by atoms with Crippen LogP contribution in [0.2, 0.25) is 0 Å². The van der Waals surface area contributed by atoms with Crippen LogP contribution in [0.4, 0.5) is 0 Å². The molecular formula is C30H50O5. The highest BCUT2D eigenvalue weighted by molar-refractivity contribution is 5.66. The van der Waals surface area contributed by atoms with E-state index in [4.69, 9.17) is 4.74 Å². The van der Waals surface area contributed by atoms with E-state index in [1.54, 1.807) is 0 Å². The van der Waals surface area contributed by atoms with Crippen molar-refractivity contribution in [2.75, 3.05) is 0 Å². The van der Waals surface area contributed by atoms with E-state index in [-0.39, 0.29) is 35.7 Å². The number of carbonyl (C=O) groups excluding carboxylic acids is 1. The minimum Gasteiger partial charge on any atom is -0.462 e. The summed E-state index contributed by atoms with van der Waals surface area (Å²) in [5.41, 5.74) is -1.92. The second-order valence-corrected chi connectivity index (χ2v) is 13.7. The molecule has 0 saturated heterocycles. The van der Waals surface area contributed by atoms with Gasteiger partial charge in [-0.15, -0.1) is 0 Å². The molecule has 0 bridgehead atoms. The predicted octanol–water partition coefficient (Wildman–Crippen LogP) is 5.12. The lowest BCUT2D eigenvalue weighted by Gasteiger charge is -2.66. The Hall–Kier alpha value is -0.910. The summed E-state index contributed by atoms with van der Waals surface area (Å²) < 4.78 is 6.10. The van der Waals surface area contributed by atoms with Gasteiger partial charge in [-0.05, 0) is 79.4 Å². The zero-order valence-electron chi connectivity index (χ0n) is 23.0. The normalized spacial score (nSPS) is 49.3. The Morgan fingerprint density at radius 2 is 1.71 bits per heavy atom. The van der Waals surface area contributed by atoms with Crippen molar-refractivity contribution in [2.24, 2.45) is 52.3 Å². The summed E-state index contributed by atoms with van der Waals surface area (Å²) in [6, 6.07) is 0. The molecule has 12 atom stereocenters. The number of ether oxygens (including phenoxy) is 1. The van der Waals surface area contributed by atoms with Gasteiger partial charge in [-0.3, -0.25) is 4.79 Å². The van der Waals surface area contributed by atoms with Crippen LogP contribution >= 0.6 is 0 Å². The Morgan fingerprint density at radius 3 is 2.34 bits per heavy atom. The van der Waals surface area contributed by atoms with Crippen LogP contribution in [-0.4, -0.2) is 45.2 Å². The molecule has 4 aliphatic carbocycles. The lowest BCUT2D eigenvalue weighted by Crippen LogP contribution is -2.71. The maximum atomic E-state index is 12.3. The molecule has 0 aromatic heterocycles. The van der Waals surface area contributed by atoms with Crippen LogP contribution in [0.5, 0.6) is 0 Å². The molecule has 200 valence electrons. The molecule has 0 aromatic carbocycles. The van der Waals surface area contributed by atoms with Gasteiger partial charge in [0.25, 0.3) is 0 Å². The van der Waals surface area contributed by atoms with E-state index >= 15 is 0 Å². The van der Waals surface area contributed by atoms with E-state index < -0.39 is 23.2 Å². The fourth-order valence-electron chi connectivity index (χ4n) is 9.28. The smallest absolute Gasteiger partial charge is 0.302 e. The van der Waals surface area contributed by atoms with E-state index in [0.29, 0.717) is 48.9 Å². The first-order valence-electron chi connectivity index (χ1n) is 14.2. The topological polar surface area (TPSA) is 87.0 Å². The summed E-state index contributed by atoms with van der Waals surface area (Å²) in [5.74, 6) is 2.46. The van der Waals surface area contributed by atoms with Gasteiger partial charge in [0.1, 0.15) is 6.10 Å². The molecule has 0 aliphatic heterocycles. The summed E-state index contributed by atoms with van der Waals surface area (Å²) in [6.07, 6.45) is 8.09. The van der Waals surface area contributed by atoms with E-state index in [1.807, 2.05) is 0 Å². The number of hydrogen-bond acceptors (Lipinski definition) is 5. The van der Waals surface area contributed by atoms with E-state index in [0.717, 1.165) is 19.3 Å². The first-order chi connectivity index (χ1) is 16.2. The summed E-state index contributed by atoms with van der Waals surface area (Å²) in [5, 5.41) is 33.6. The molecule has 4 aliphatic rings. The van der Waals surface area contributed by atoms with Crippen molar-refractivity contribution in [1.82, 2.24) is 0 Å². The monoisotopic (exact) mass is 490 g/mol. The van der Waals surface area contributed by atoms with Crippen molar-refractivity contribution in [3.63, 3.8) is 0 Å². The largest absolute Gasteiger partial charge is 0.462 e. The Bertz CT molecular complexity index is 824. The zero-order chi connectivity index (χ0) is 25.9. The van der Waals surface area contributed by atoms with E-state index in [1.165, 1.54) is 6.92 Å². The van der Waals surface area contributed by atoms with Crippen LogP contribution in [0, 0.1) is 52.3 Å². The van der Waals surface area contributed by atoms with Crippen molar-refractivity contribution < 1.29 is 24.9 Å². The second kappa shape index (κ2) is 9.44. The summed E-state index contributed by atoms with van der Waals surface area (Å²) in [4.78, 5) is 12.3. The Kier molecular flexibility index (Phi) is 7.32.